The summed E-state index contributed by atoms with van der Waals surface area (Å²) in [5, 5.41) is 15.2. The summed E-state index contributed by atoms with van der Waals surface area (Å²) in [5.74, 6) is -0.736. The lowest BCUT2D eigenvalue weighted by molar-refractivity contribution is -0.183. The largest absolute Gasteiger partial charge is 0.462 e. The summed E-state index contributed by atoms with van der Waals surface area (Å²) in [6.07, 6.45) is 0. The minimum absolute atomic E-state index is 0.00142. The Bertz CT molecular complexity index is 587. The number of para-hydroxylation sites is 1. The number of nitrogens with one attached hydrogen (secondary N) is 1. The summed E-state index contributed by atoms with van der Waals surface area (Å²) in [7, 11) is 0. The molecule has 0 aromatic heterocycles. The molecule has 2 N–H and O–H groups in total. The number of fused-ring (bicyclic) bond motifs is 1. The summed E-state index contributed by atoms with van der Waals surface area (Å²) in [4.78, 5) is 13.9. The van der Waals surface area contributed by atoms with Crippen LogP contribution in [0.15, 0.2) is 24.3 Å². The molecule has 0 unspecified atom stereocenters. The standard InChI is InChI=1S/C14H16Br2N2O3S/c1-2-21-12(19)14(20)10-5-3-4-6-11(10)17-13(22)18(14)8-9(16)7-15/h3-6,9,20H,2,7-8H2,1H3,(H,17,22)/t9-,14+/m1/s1. The maximum absolute atomic E-state index is 12.5. The first kappa shape index (κ1) is 17.7. The Labute approximate surface area is 151 Å². The predicted octanol–water partition coefficient (Wildman–Crippen LogP) is 2.57. The quantitative estimate of drug-likeness (QED) is 0.407. The lowest BCUT2D eigenvalue weighted by Gasteiger charge is -2.44. The molecule has 1 aliphatic rings. The van der Waals surface area contributed by atoms with E-state index in [0.29, 0.717) is 23.1 Å². The van der Waals surface area contributed by atoms with Crippen molar-refractivity contribution in [1.82, 2.24) is 4.90 Å². The molecule has 5 nitrogen and oxygen atoms in total. The van der Waals surface area contributed by atoms with Crippen molar-refractivity contribution in [3.8, 4) is 0 Å². The van der Waals surface area contributed by atoms with Gasteiger partial charge >= 0.3 is 5.97 Å². The topological polar surface area (TPSA) is 61.8 Å². The van der Waals surface area contributed by atoms with E-state index in [0.717, 1.165) is 0 Å². The first-order chi connectivity index (χ1) is 10.4. The van der Waals surface area contributed by atoms with Gasteiger partial charge in [-0.25, -0.2) is 4.79 Å². The smallest absolute Gasteiger partial charge is 0.365 e. The van der Waals surface area contributed by atoms with Gasteiger partial charge in [-0.15, -0.1) is 0 Å². The third kappa shape index (κ3) is 3.15. The Hall–Kier alpha value is -0.700. The molecule has 0 spiro atoms. The first-order valence-electron chi connectivity index (χ1n) is 6.72. The van der Waals surface area contributed by atoms with E-state index in [1.165, 1.54) is 4.90 Å². The number of anilines is 1. The van der Waals surface area contributed by atoms with Crippen LogP contribution in [0.5, 0.6) is 0 Å². The van der Waals surface area contributed by atoms with Crippen LogP contribution in [0, 0.1) is 0 Å². The zero-order valence-electron chi connectivity index (χ0n) is 11.9. The van der Waals surface area contributed by atoms with E-state index in [-0.39, 0.29) is 16.5 Å². The van der Waals surface area contributed by atoms with E-state index in [1.807, 2.05) is 0 Å². The Morgan fingerprint density at radius 1 is 1.55 bits per heavy atom. The Kier molecular flexibility index (Phi) is 5.81. The van der Waals surface area contributed by atoms with Crippen LogP contribution in [-0.2, 0) is 15.3 Å². The molecule has 1 aromatic rings. The molecule has 0 fully saturated rings. The van der Waals surface area contributed by atoms with Crippen molar-refractivity contribution >= 4 is 60.8 Å². The fourth-order valence-electron chi connectivity index (χ4n) is 2.28. The molecule has 0 radical (unpaired) electrons. The fraction of sp³-hybridized carbons (Fsp3) is 0.429. The molecule has 1 aliphatic heterocycles. The number of carbonyl (C=O) groups is 1. The summed E-state index contributed by atoms with van der Waals surface area (Å²) in [6, 6.07) is 7.01. The van der Waals surface area contributed by atoms with Crippen molar-refractivity contribution in [2.24, 2.45) is 0 Å². The van der Waals surface area contributed by atoms with Gasteiger partial charge in [-0.3, -0.25) is 0 Å². The number of aliphatic hydroxyl groups is 1. The molecule has 0 amide bonds. The minimum atomic E-state index is -1.94. The van der Waals surface area contributed by atoms with Gasteiger partial charge in [-0.2, -0.15) is 0 Å². The highest BCUT2D eigenvalue weighted by molar-refractivity contribution is 9.12. The third-order valence-electron chi connectivity index (χ3n) is 3.29. The number of halogens is 2. The monoisotopic (exact) mass is 450 g/mol. The summed E-state index contributed by atoms with van der Waals surface area (Å²) < 4.78 is 5.09. The number of rotatable bonds is 5. The van der Waals surface area contributed by atoms with Crippen molar-refractivity contribution in [2.45, 2.75) is 17.5 Å². The predicted molar refractivity (Wildman–Crippen MR) is 96.4 cm³/mol. The number of nitrogens with zero attached hydrogens (tertiary/aromatic N) is 1. The molecule has 1 aromatic carbocycles. The number of hydrogen-bond donors (Lipinski definition) is 2. The van der Waals surface area contributed by atoms with E-state index in [9.17, 15) is 9.90 Å². The normalized spacial score (nSPS) is 21.8. The number of esters is 1. The van der Waals surface area contributed by atoms with Gasteiger partial charge in [0.1, 0.15) is 0 Å². The van der Waals surface area contributed by atoms with Crippen LogP contribution in [0.3, 0.4) is 0 Å². The van der Waals surface area contributed by atoms with Gasteiger partial charge in [-0.05, 0) is 25.2 Å². The minimum Gasteiger partial charge on any atom is -0.462 e. The third-order valence-corrected chi connectivity index (χ3v) is 5.87. The second kappa shape index (κ2) is 7.25. The average molecular weight is 452 g/mol. The maximum Gasteiger partial charge on any atom is 0.365 e. The highest BCUT2D eigenvalue weighted by atomic mass is 79.9. The molecule has 2 atom stereocenters. The van der Waals surface area contributed by atoms with Crippen molar-refractivity contribution in [1.29, 1.82) is 0 Å². The van der Waals surface area contributed by atoms with Crippen LogP contribution in [-0.4, -0.2) is 44.4 Å². The van der Waals surface area contributed by atoms with Crippen molar-refractivity contribution in [3.05, 3.63) is 29.8 Å². The van der Waals surface area contributed by atoms with Gasteiger partial charge in [-0.1, -0.05) is 50.1 Å². The van der Waals surface area contributed by atoms with Crippen LogP contribution in [0.4, 0.5) is 5.69 Å². The number of hydrogen-bond acceptors (Lipinski definition) is 4. The van der Waals surface area contributed by atoms with Gasteiger partial charge in [0.05, 0.1) is 6.61 Å². The molecule has 0 aliphatic carbocycles. The van der Waals surface area contributed by atoms with Crippen LogP contribution >= 0.6 is 44.1 Å². The van der Waals surface area contributed by atoms with Crippen LogP contribution < -0.4 is 5.32 Å². The van der Waals surface area contributed by atoms with Crippen LogP contribution in [0.1, 0.15) is 12.5 Å². The fourth-order valence-corrected chi connectivity index (χ4v) is 3.10. The summed E-state index contributed by atoms with van der Waals surface area (Å²) in [5.41, 5.74) is -0.913. The van der Waals surface area contributed by atoms with Gasteiger partial charge in [0.2, 0.25) is 0 Å². The number of thiocarbonyl (C=S) groups is 1. The number of ether oxygens (including phenoxy) is 1. The average Bonchev–Trinajstić information content (AvgIpc) is 2.51. The van der Waals surface area contributed by atoms with E-state index >= 15 is 0 Å². The Balaban J connectivity index is 2.52. The Morgan fingerprint density at radius 2 is 2.23 bits per heavy atom. The van der Waals surface area contributed by atoms with Crippen molar-refractivity contribution in [2.75, 3.05) is 23.8 Å². The molecular weight excluding hydrogens is 436 g/mol. The second-order valence-corrected chi connectivity index (χ2v) is 7.06. The molecule has 0 saturated heterocycles. The van der Waals surface area contributed by atoms with E-state index in [1.54, 1.807) is 31.2 Å². The number of benzene rings is 1. The summed E-state index contributed by atoms with van der Waals surface area (Å²) in [6.45, 7) is 2.21. The Morgan fingerprint density at radius 3 is 2.86 bits per heavy atom. The van der Waals surface area contributed by atoms with E-state index < -0.39 is 11.7 Å². The van der Waals surface area contributed by atoms with Gasteiger partial charge in [0.15, 0.2) is 5.11 Å². The van der Waals surface area contributed by atoms with Crippen LogP contribution in [0.2, 0.25) is 0 Å². The highest BCUT2D eigenvalue weighted by Gasteiger charge is 2.51. The van der Waals surface area contributed by atoms with Crippen LogP contribution in [0.25, 0.3) is 0 Å². The SMILES string of the molecule is CCOC(=O)[C@@]1(O)c2ccccc2NC(=S)N1C[C@H](Br)CBr. The number of alkyl halides is 2. The molecule has 1 heterocycles. The maximum atomic E-state index is 12.5. The zero-order valence-corrected chi connectivity index (χ0v) is 15.9. The second-order valence-electron chi connectivity index (χ2n) is 4.73. The van der Waals surface area contributed by atoms with E-state index in [4.69, 9.17) is 17.0 Å². The molecule has 0 saturated carbocycles. The van der Waals surface area contributed by atoms with Crippen molar-refractivity contribution < 1.29 is 14.6 Å². The molecule has 0 bridgehead atoms. The van der Waals surface area contributed by atoms with E-state index in [2.05, 4.69) is 37.2 Å². The molecule has 2 rings (SSSR count). The number of carbonyl (C=O) groups excluding carboxylic acids is 1. The lowest BCUT2D eigenvalue weighted by atomic mass is 9.96. The van der Waals surface area contributed by atoms with Gasteiger partial charge in [0, 0.05) is 28.0 Å². The molecule has 22 heavy (non-hydrogen) atoms. The summed E-state index contributed by atoms with van der Waals surface area (Å²) >= 11 is 12.2. The molecule has 120 valence electrons. The zero-order chi connectivity index (χ0) is 16.3. The van der Waals surface area contributed by atoms with Crippen molar-refractivity contribution in [3.63, 3.8) is 0 Å². The highest BCUT2D eigenvalue weighted by Crippen LogP contribution is 2.38. The van der Waals surface area contributed by atoms with Gasteiger partial charge < -0.3 is 20.1 Å². The first-order valence-corrected chi connectivity index (χ1v) is 9.17. The van der Waals surface area contributed by atoms with Gasteiger partial charge in [0.25, 0.3) is 5.72 Å². The lowest BCUT2D eigenvalue weighted by Crippen LogP contribution is -2.60. The molecular formula is C14H16Br2N2O3S. The molecule has 8 heteroatoms.